The Morgan fingerprint density at radius 3 is 2.29 bits per heavy atom. The van der Waals surface area contributed by atoms with Crippen molar-refractivity contribution < 1.29 is 4.74 Å². The smallest absolute Gasteiger partial charge is 0.193 e. The third kappa shape index (κ3) is 6.01. The molecule has 0 spiro atoms. The summed E-state index contributed by atoms with van der Waals surface area (Å²) >= 11 is 0. The van der Waals surface area contributed by atoms with Gasteiger partial charge in [0.1, 0.15) is 5.75 Å². The van der Waals surface area contributed by atoms with Crippen molar-refractivity contribution >= 4 is 35.6 Å². The molecule has 24 heavy (non-hydrogen) atoms. The van der Waals surface area contributed by atoms with Crippen molar-refractivity contribution in [3.63, 3.8) is 0 Å². The number of benzene rings is 2. The Morgan fingerprint density at radius 2 is 1.75 bits per heavy atom. The summed E-state index contributed by atoms with van der Waals surface area (Å²) in [6.45, 7) is 0.574. The molecule has 0 aliphatic heterocycles. The first kappa shape index (κ1) is 20.2. The maximum atomic E-state index is 5.98. The molecule has 0 amide bonds. The monoisotopic (exact) mass is 440 g/mol. The standard InChI is InChI=1S/C18H24N4O.HI/c1-22(2)17(14-9-11-16(23-3)12-10-14)13-20-18(19)21-15-7-5-4-6-8-15;/h4-12,17H,13H2,1-3H3,(H3,19,20,21);1H. The number of nitrogens with zero attached hydrogens (tertiary/aromatic N) is 2. The number of rotatable bonds is 6. The lowest BCUT2D eigenvalue weighted by atomic mass is 10.1. The summed E-state index contributed by atoms with van der Waals surface area (Å²) in [6.07, 6.45) is 0. The van der Waals surface area contributed by atoms with Gasteiger partial charge >= 0.3 is 0 Å². The fraction of sp³-hybridized carbons (Fsp3) is 0.278. The molecule has 0 aliphatic carbocycles. The number of ether oxygens (including phenoxy) is 1. The van der Waals surface area contributed by atoms with Crippen LogP contribution >= 0.6 is 24.0 Å². The van der Waals surface area contributed by atoms with E-state index in [9.17, 15) is 0 Å². The van der Waals surface area contributed by atoms with E-state index in [1.165, 1.54) is 5.56 Å². The highest BCUT2D eigenvalue weighted by Crippen LogP contribution is 2.21. The molecular formula is C18H25IN4O. The first-order valence-electron chi connectivity index (χ1n) is 7.52. The minimum absolute atomic E-state index is 0. The van der Waals surface area contributed by atoms with E-state index in [2.05, 4.69) is 27.3 Å². The van der Waals surface area contributed by atoms with E-state index >= 15 is 0 Å². The quantitative estimate of drug-likeness (QED) is 0.411. The van der Waals surface area contributed by atoms with Crippen LogP contribution in [-0.2, 0) is 0 Å². The normalized spacial score (nSPS) is 12.4. The van der Waals surface area contributed by atoms with Crippen LogP contribution in [0.5, 0.6) is 5.75 Å². The van der Waals surface area contributed by atoms with E-state index in [1.54, 1.807) is 7.11 Å². The fourth-order valence-corrected chi connectivity index (χ4v) is 2.29. The fourth-order valence-electron chi connectivity index (χ4n) is 2.29. The van der Waals surface area contributed by atoms with Crippen LogP contribution in [0.4, 0.5) is 5.69 Å². The van der Waals surface area contributed by atoms with Crippen molar-refractivity contribution in [2.75, 3.05) is 33.1 Å². The maximum Gasteiger partial charge on any atom is 0.193 e. The van der Waals surface area contributed by atoms with Crippen LogP contribution in [0.2, 0.25) is 0 Å². The van der Waals surface area contributed by atoms with Crippen LogP contribution in [0.15, 0.2) is 59.6 Å². The number of hydrogen-bond acceptors (Lipinski definition) is 3. The topological polar surface area (TPSA) is 62.9 Å². The average molecular weight is 440 g/mol. The number of hydrogen-bond donors (Lipinski definition) is 2. The second kappa shape index (κ2) is 10.1. The zero-order valence-electron chi connectivity index (χ0n) is 14.3. The number of guanidine groups is 1. The molecule has 0 fully saturated rings. The second-order valence-corrected chi connectivity index (χ2v) is 5.47. The number of para-hydroxylation sites is 1. The van der Waals surface area contributed by atoms with Gasteiger partial charge in [-0.15, -0.1) is 24.0 Å². The van der Waals surface area contributed by atoms with Crippen LogP contribution in [-0.4, -0.2) is 38.6 Å². The molecule has 2 aromatic rings. The first-order valence-corrected chi connectivity index (χ1v) is 7.52. The molecule has 6 heteroatoms. The molecule has 0 saturated heterocycles. The Bertz CT molecular complexity index is 629. The van der Waals surface area contributed by atoms with Gasteiger partial charge in [0.25, 0.3) is 0 Å². The van der Waals surface area contributed by atoms with Crippen molar-refractivity contribution in [1.82, 2.24) is 4.90 Å². The summed E-state index contributed by atoms with van der Waals surface area (Å²) in [4.78, 5) is 6.60. The molecule has 1 unspecified atom stereocenters. The van der Waals surface area contributed by atoms with Crippen molar-refractivity contribution in [2.45, 2.75) is 6.04 Å². The van der Waals surface area contributed by atoms with Gasteiger partial charge in [0, 0.05) is 5.69 Å². The summed E-state index contributed by atoms with van der Waals surface area (Å²) in [5, 5.41) is 3.10. The molecule has 0 bridgehead atoms. The van der Waals surface area contributed by atoms with Gasteiger partial charge in [0.2, 0.25) is 0 Å². The Kier molecular flexibility index (Phi) is 8.56. The van der Waals surface area contributed by atoms with Crippen molar-refractivity contribution in [3.8, 4) is 5.75 Å². The second-order valence-electron chi connectivity index (χ2n) is 5.47. The van der Waals surface area contributed by atoms with Crippen molar-refractivity contribution in [3.05, 3.63) is 60.2 Å². The number of aliphatic imine (C=N–C) groups is 1. The van der Waals surface area contributed by atoms with E-state index in [1.807, 2.05) is 56.6 Å². The van der Waals surface area contributed by atoms with Crippen molar-refractivity contribution in [1.29, 1.82) is 0 Å². The molecule has 0 aromatic heterocycles. The number of anilines is 1. The molecule has 130 valence electrons. The Labute approximate surface area is 160 Å². The minimum atomic E-state index is 0. The number of methoxy groups -OCH3 is 1. The lowest BCUT2D eigenvalue weighted by molar-refractivity contribution is 0.306. The summed E-state index contributed by atoms with van der Waals surface area (Å²) in [5.41, 5.74) is 8.08. The third-order valence-electron chi connectivity index (χ3n) is 3.60. The lowest BCUT2D eigenvalue weighted by Gasteiger charge is -2.23. The number of nitrogens with one attached hydrogen (secondary N) is 1. The van der Waals surface area contributed by atoms with E-state index < -0.39 is 0 Å². The Morgan fingerprint density at radius 1 is 1.12 bits per heavy atom. The van der Waals surface area contributed by atoms with Crippen LogP contribution < -0.4 is 15.8 Å². The van der Waals surface area contributed by atoms with E-state index in [0.717, 1.165) is 11.4 Å². The highest BCUT2D eigenvalue weighted by molar-refractivity contribution is 14.0. The SMILES string of the molecule is COc1ccc(C(CN=C(N)Nc2ccccc2)N(C)C)cc1.I. The van der Waals surface area contributed by atoms with Gasteiger partial charge in [-0.05, 0) is 43.9 Å². The average Bonchev–Trinajstić information content (AvgIpc) is 2.56. The molecule has 5 nitrogen and oxygen atoms in total. The predicted molar refractivity (Wildman–Crippen MR) is 111 cm³/mol. The van der Waals surface area contributed by atoms with Gasteiger partial charge in [-0.3, -0.25) is 4.99 Å². The highest BCUT2D eigenvalue weighted by atomic mass is 127. The van der Waals surface area contributed by atoms with Crippen molar-refractivity contribution in [2.24, 2.45) is 10.7 Å². The van der Waals surface area contributed by atoms with Crippen LogP contribution in [0.1, 0.15) is 11.6 Å². The number of likely N-dealkylation sites (N-methyl/N-ethyl adjacent to an activating group) is 1. The zero-order chi connectivity index (χ0) is 16.7. The summed E-state index contributed by atoms with van der Waals surface area (Å²) < 4.78 is 5.20. The van der Waals surface area contributed by atoms with Gasteiger partial charge in [-0.2, -0.15) is 0 Å². The van der Waals surface area contributed by atoms with E-state index in [-0.39, 0.29) is 30.0 Å². The molecule has 0 radical (unpaired) electrons. The first-order chi connectivity index (χ1) is 11.1. The Hall–Kier alpha value is -1.80. The molecule has 1 atom stereocenters. The van der Waals surface area contributed by atoms with Crippen LogP contribution in [0.25, 0.3) is 0 Å². The summed E-state index contributed by atoms with van der Waals surface area (Å²) in [7, 11) is 5.73. The molecule has 2 rings (SSSR count). The number of nitrogens with two attached hydrogens (primary N) is 1. The van der Waals surface area contributed by atoms with E-state index in [4.69, 9.17) is 10.5 Å². The third-order valence-corrected chi connectivity index (χ3v) is 3.60. The summed E-state index contributed by atoms with van der Waals surface area (Å²) in [6, 6.07) is 18.0. The molecule has 2 aromatic carbocycles. The summed E-state index contributed by atoms with van der Waals surface area (Å²) in [5.74, 6) is 1.26. The number of halogens is 1. The van der Waals surface area contributed by atoms with Crippen LogP contribution in [0, 0.1) is 0 Å². The van der Waals surface area contributed by atoms with Gasteiger partial charge in [0.15, 0.2) is 5.96 Å². The molecule has 0 saturated carbocycles. The van der Waals surface area contributed by atoms with Gasteiger partial charge in [-0.1, -0.05) is 30.3 Å². The zero-order valence-corrected chi connectivity index (χ0v) is 16.6. The minimum Gasteiger partial charge on any atom is -0.497 e. The van der Waals surface area contributed by atoms with E-state index in [0.29, 0.717) is 12.5 Å². The highest BCUT2D eigenvalue weighted by Gasteiger charge is 2.13. The largest absolute Gasteiger partial charge is 0.497 e. The molecule has 0 heterocycles. The Balaban J connectivity index is 0.00000288. The van der Waals surface area contributed by atoms with Gasteiger partial charge in [-0.25, -0.2) is 0 Å². The molecule has 0 aliphatic rings. The lowest BCUT2D eigenvalue weighted by Crippen LogP contribution is -2.27. The predicted octanol–water partition coefficient (Wildman–Crippen LogP) is 3.34. The molecular weight excluding hydrogens is 415 g/mol. The van der Waals surface area contributed by atoms with Gasteiger partial charge < -0.3 is 20.7 Å². The van der Waals surface area contributed by atoms with Crippen LogP contribution in [0.3, 0.4) is 0 Å². The van der Waals surface area contributed by atoms with Gasteiger partial charge in [0.05, 0.1) is 19.7 Å². The molecule has 3 N–H and O–H groups in total. The maximum absolute atomic E-state index is 5.98.